The Balaban J connectivity index is 2.58. The van der Waals surface area contributed by atoms with Crippen LogP contribution in [0.4, 0.5) is 0 Å². The standard InChI is InChI=1S/C9H15NO/c1-4-9-6-8(10-11-9)5-7(2)3/h6-7H,4-5H2,1-3H3. The summed E-state index contributed by atoms with van der Waals surface area (Å²) in [7, 11) is 0. The summed E-state index contributed by atoms with van der Waals surface area (Å²) in [5, 5.41) is 3.95. The fourth-order valence-electron chi connectivity index (χ4n) is 1.04. The Morgan fingerprint density at radius 1 is 1.55 bits per heavy atom. The summed E-state index contributed by atoms with van der Waals surface area (Å²) in [6.07, 6.45) is 1.95. The molecule has 0 unspecified atom stereocenters. The first-order valence-corrected chi connectivity index (χ1v) is 4.16. The predicted molar refractivity (Wildman–Crippen MR) is 44.4 cm³/mol. The molecule has 11 heavy (non-hydrogen) atoms. The Morgan fingerprint density at radius 2 is 2.27 bits per heavy atom. The summed E-state index contributed by atoms with van der Waals surface area (Å²) in [4.78, 5) is 0. The van der Waals surface area contributed by atoms with Crippen LogP contribution in [0.25, 0.3) is 0 Å². The van der Waals surface area contributed by atoms with E-state index in [4.69, 9.17) is 4.52 Å². The first-order valence-electron chi connectivity index (χ1n) is 4.16. The first-order chi connectivity index (χ1) is 5.22. The van der Waals surface area contributed by atoms with E-state index in [1.54, 1.807) is 0 Å². The maximum absolute atomic E-state index is 5.06. The Bertz CT molecular complexity index is 215. The van der Waals surface area contributed by atoms with Crippen molar-refractivity contribution in [1.29, 1.82) is 0 Å². The van der Waals surface area contributed by atoms with Gasteiger partial charge < -0.3 is 4.52 Å². The number of hydrogen-bond acceptors (Lipinski definition) is 2. The zero-order chi connectivity index (χ0) is 8.27. The summed E-state index contributed by atoms with van der Waals surface area (Å²) in [6, 6.07) is 2.04. The molecule has 0 bridgehead atoms. The fourth-order valence-corrected chi connectivity index (χ4v) is 1.04. The van der Waals surface area contributed by atoms with E-state index in [0.717, 1.165) is 24.3 Å². The van der Waals surface area contributed by atoms with Crippen LogP contribution >= 0.6 is 0 Å². The van der Waals surface area contributed by atoms with Gasteiger partial charge in [0.1, 0.15) is 5.76 Å². The van der Waals surface area contributed by atoms with Crippen LogP contribution in [-0.2, 0) is 12.8 Å². The van der Waals surface area contributed by atoms with Gasteiger partial charge in [-0.05, 0) is 12.3 Å². The van der Waals surface area contributed by atoms with Crippen molar-refractivity contribution in [3.63, 3.8) is 0 Å². The topological polar surface area (TPSA) is 26.0 Å². The van der Waals surface area contributed by atoms with Crippen molar-refractivity contribution in [3.05, 3.63) is 17.5 Å². The lowest BCUT2D eigenvalue weighted by atomic mass is 10.1. The lowest BCUT2D eigenvalue weighted by Gasteiger charge is -1.96. The Labute approximate surface area is 67.6 Å². The van der Waals surface area contributed by atoms with Gasteiger partial charge in [0.25, 0.3) is 0 Å². The molecule has 0 spiro atoms. The van der Waals surface area contributed by atoms with Crippen LogP contribution < -0.4 is 0 Å². The van der Waals surface area contributed by atoms with Crippen LogP contribution in [0.3, 0.4) is 0 Å². The van der Waals surface area contributed by atoms with E-state index in [-0.39, 0.29) is 0 Å². The molecule has 2 nitrogen and oxygen atoms in total. The van der Waals surface area contributed by atoms with Crippen LogP contribution in [-0.4, -0.2) is 5.16 Å². The summed E-state index contributed by atoms with van der Waals surface area (Å²) in [5.74, 6) is 1.64. The van der Waals surface area contributed by atoms with E-state index in [0.29, 0.717) is 5.92 Å². The van der Waals surface area contributed by atoms with E-state index in [1.165, 1.54) is 0 Å². The van der Waals surface area contributed by atoms with Crippen molar-refractivity contribution in [2.45, 2.75) is 33.6 Å². The Hall–Kier alpha value is -0.790. The minimum Gasteiger partial charge on any atom is -0.361 e. The van der Waals surface area contributed by atoms with Crippen LogP contribution in [0.2, 0.25) is 0 Å². The van der Waals surface area contributed by atoms with Crippen LogP contribution in [0.1, 0.15) is 32.2 Å². The van der Waals surface area contributed by atoms with Gasteiger partial charge in [-0.2, -0.15) is 0 Å². The highest BCUT2D eigenvalue weighted by molar-refractivity contribution is 5.05. The zero-order valence-corrected chi connectivity index (χ0v) is 7.42. The van der Waals surface area contributed by atoms with Gasteiger partial charge in [-0.3, -0.25) is 0 Å². The molecule has 0 atom stereocenters. The molecule has 0 aliphatic rings. The smallest absolute Gasteiger partial charge is 0.136 e. The average molecular weight is 153 g/mol. The van der Waals surface area contributed by atoms with Crippen molar-refractivity contribution in [2.75, 3.05) is 0 Å². The second kappa shape index (κ2) is 3.56. The minimum absolute atomic E-state index is 0.657. The third-order valence-electron chi connectivity index (χ3n) is 1.57. The maximum atomic E-state index is 5.06. The molecule has 0 aliphatic carbocycles. The van der Waals surface area contributed by atoms with Crippen molar-refractivity contribution >= 4 is 0 Å². The molecule has 0 radical (unpaired) electrons. The van der Waals surface area contributed by atoms with Crippen molar-refractivity contribution in [2.24, 2.45) is 5.92 Å². The maximum Gasteiger partial charge on any atom is 0.136 e. The average Bonchev–Trinajstić information content (AvgIpc) is 2.34. The molecule has 0 amide bonds. The Morgan fingerprint density at radius 3 is 2.73 bits per heavy atom. The molecular weight excluding hydrogens is 138 g/mol. The quantitative estimate of drug-likeness (QED) is 0.666. The van der Waals surface area contributed by atoms with Crippen molar-refractivity contribution in [3.8, 4) is 0 Å². The third-order valence-corrected chi connectivity index (χ3v) is 1.57. The van der Waals surface area contributed by atoms with Gasteiger partial charge in [0.05, 0.1) is 5.69 Å². The summed E-state index contributed by atoms with van der Waals surface area (Å²) in [5.41, 5.74) is 1.08. The number of aromatic nitrogens is 1. The lowest BCUT2D eigenvalue weighted by Crippen LogP contribution is -1.92. The van der Waals surface area contributed by atoms with Crippen molar-refractivity contribution < 1.29 is 4.52 Å². The van der Waals surface area contributed by atoms with E-state index >= 15 is 0 Å². The van der Waals surface area contributed by atoms with E-state index in [9.17, 15) is 0 Å². The van der Waals surface area contributed by atoms with Crippen LogP contribution in [0, 0.1) is 5.92 Å². The molecule has 1 heterocycles. The van der Waals surface area contributed by atoms with E-state index < -0.39 is 0 Å². The monoisotopic (exact) mass is 153 g/mol. The number of hydrogen-bond donors (Lipinski definition) is 0. The second-order valence-corrected chi connectivity index (χ2v) is 3.24. The van der Waals surface area contributed by atoms with Crippen LogP contribution in [0.15, 0.2) is 10.6 Å². The van der Waals surface area contributed by atoms with Gasteiger partial charge in [0.2, 0.25) is 0 Å². The predicted octanol–water partition coefficient (Wildman–Crippen LogP) is 2.44. The molecule has 0 aromatic carbocycles. The number of nitrogens with zero attached hydrogens (tertiary/aromatic N) is 1. The molecule has 0 fully saturated rings. The highest BCUT2D eigenvalue weighted by Gasteiger charge is 2.03. The highest BCUT2D eigenvalue weighted by atomic mass is 16.5. The summed E-state index contributed by atoms with van der Waals surface area (Å²) in [6.45, 7) is 6.43. The van der Waals surface area contributed by atoms with Gasteiger partial charge >= 0.3 is 0 Å². The minimum atomic E-state index is 0.657. The molecule has 0 N–H and O–H groups in total. The molecule has 0 aliphatic heterocycles. The molecular formula is C9H15NO. The molecule has 1 aromatic rings. The van der Waals surface area contributed by atoms with Gasteiger partial charge in [0, 0.05) is 12.5 Å². The van der Waals surface area contributed by atoms with Crippen molar-refractivity contribution in [1.82, 2.24) is 5.16 Å². The van der Waals surface area contributed by atoms with Gasteiger partial charge in [-0.1, -0.05) is 25.9 Å². The van der Waals surface area contributed by atoms with Gasteiger partial charge in [0.15, 0.2) is 0 Å². The molecule has 1 rings (SSSR count). The molecule has 2 heteroatoms. The van der Waals surface area contributed by atoms with E-state index in [2.05, 4.69) is 25.9 Å². The number of rotatable bonds is 3. The van der Waals surface area contributed by atoms with Gasteiger partial charge in [-0.15, -0.1) is 0 Å². The molecule has 1 aromatic heterocycles. The normalized spacial score (nSPS) is 10.9. The third kappa shape index (κ3) is 2.37. The summed E-state index contributed by atoms with van der Waals surface area (Å²) >= 11 is 0. The Kier molecular flexibility index (Phi) is 2.69. The molecule has 0 saturated heterocycles. The largest absolute Gasteiger partial charge is 0.361 e. The summed E-state index contributed by atoms with van der Waals surface area (Å²) < 4.78 is 5.06. The SMILES string of the molecule is CCc1cc(CC(C)C)no1. The zero-order valence-electron chi connectivity index (χ0n) is 7.42. The van der Waals surface area contributed by atoms with Crippen LogP contribution in [0.5, 0.6) is 0 Å². The molecule has 0 saturated carbocycles. The number of aryl methyl sites for hydroxylation is 1. The fraction of sp³-hybridized carbons (Fsp3) is 0.667. The van der Waals surface area contributed by atoms with E-state index in [1.807, 2.05) is 6.07 Å². The first kappa shape index (κ1) is 8.31. The highest BCUT2D eigenvalue weighted by Crippen LogP contribution is 2.08. The van der Waals surface area contributed by atoms with Gasteiger partial charge in [-0.25, -0.2) is 0 Å². The lowest BCUT2D eigenvalue weighted by molar-refractivity contribution is 0.377. The second-order valence-electron chi connectivity index (χ2n) is 3.24. The molecule has 62 valence electrons.